The number of nitrogens with two attached hydrogens (primary N) is 1. The molecule has 1 aromatic heterocycles. The fourth-order valence-electron chi connectivity index (χ4n) is 2.89. The first-order chi connectivity index (χ1) is 10.6. The van der Waals surface area contributed by atoms with E-state index < -0.39 is 5.91 Å². The van der Waals surface area contributed by atoms with Crippen LogP contribution in [0.15, 0.2) is 24.3 Å². The number of benzene rings is 1. The van der Waals surface area contributed by atoms with Gasteiger partial charge in [0.2, 0.25) is 5.78 Å². The molecule has 0 saturated carbocycles. The number of amides is 1. The van der Waals surface area contributed by atoms with Crippen LogP contribution in [0.25, 0.3) is 0 Å². The van der Waals surface area contributed by atoms with E-state index >= 15 is 0 Å². The summed E-state index contributed by atoms with van der Waals surface area (Å²) in [5.41, 5.74) is 8.08. The highest BCUT2D eigenvalue weighted by Gasteiger charge is 2.27. The highest BCUT2D eigenvalue weighted by molar-refractivity contribution is 7.16. The minimum Gasteiger partial charge on any atom is -0.497 e. The number of hydrogen-bond acceptors (Lipinski definition) is 4. The van der Waals surface area contributed by atoms with Crippen LogP contribution in [0.1, 0.15) is 48.9 Å². The van der Waals surface area contributed by atoms with Crippen molar-refractivity contribution in [2.24, 2.45) is 5.73 Å². The second-order valence-corrected chi connectivity index (χ2v) is 6.37. The monoisotopic (exact) mass is 315 g/mol. The van der Waals surface area contributed by atoms with Crippen LogP contribution in [0.5, 0.6) is 5.75 Å². The number of ketones is 1. The van der Waals surface area contributed by atoms with Crippen LogP contribution in [0.2, 0.25) is 0 Å². The lowest BCUT2D eigenvalue weighted by Crippen LogP contribution is -2.13. The summed E-state index contributed by atoms with van der Waals surface area (Å²) in [6.07, 6.45) is 3.77. The van der Waals surface area contributed by atoms with Crippen LogP contribution in [0.3, 0.4) is 0 Å². The summed E-state index contributed by atoms with van der Waals surface area (Å²) < 4.78 is 5.11. The average molecular weight is 315 g/mol. The molecule has 22 heavy (non-hydrogen) atoms. The van der Waals surface area contributed by atoms with Crippen molar-refractivity contribution in [2.45, 2.75) is 25.7 Å². The van der Waals surface area contributed by atoms with Gasteiger partial charge in [-0.1, -0.05) is 0 Å². The molecule has 0 atom stereocenters. The van der Waals surface area contributed by atoms with E-state index in [9.17, 15) is 9.59 Å². The molecule has 0 bridgehead atoms. The minimum atomic E-state index is -0.433. The number of rotatable bonds is 4. The largest absolute Gasteiger partial charge is 0.497 e. The molecule has 1 heterocycles. The Morgan fingerprint density at radius 1 is 1.05 bits per heavy atom. The van der Waals surface area contributed by atoms with Gasteiger partial charge in [-0.25, -0.2) is 0 Å². The molecule has 1 aliphatic rings. The van der Waals surface area contributed by atoms with Crippen LogP contribution in [-0.2, 0) is 12.8 Å². The Hall–Kier alpha value is -2.14. The van der Waals surface area contributed by atoms with Crippen molar-refractivity contribution in [1.82, 2.24) is 0 Å². The number of ether oxygens (including phenoxy) is 1. The van der Waals surface area contributed by atoms with E-state index in [0.29, 0.717) is 21.1 Å². The van der Waals surface area contributed by atoms with Crippen molar-refractivity contribution >= 4 is 23.0 Å². The van der Waals surface area contributed by atoms with Gasteiger partial charge in [-0.2, -0.15) is 0 Å². The Labute approximate surface area is 132 Å². The SMILES string of the molecule is COc1ccc(C(=O)c2sc(C(N)=O)c3c2CCCC3)cc1. The van der Waals surface area contributed by atoms with E-state index in [4.69, 9.17) is 10.5 Å². The minimum absolute atomic E-state index is 0.0432. The van der Waals surface area contributed by atoms with Crippen molar-refractivity contribution in [2.75, 3.05) is 7.11 Å². The fourth-order valence-corrected chi connectivity index (χ4v) is 4.10. The molecular formula is C17H17NO3S. The Morgan fingerprint density at radius 2 is 1.64 bits per heavy atom. The molecular weight excluding hydrogens is 298 g/mol. The number of thiophene rings is 1. The van der Waals surface area contributed by atoms with Gasteiger partial charge in [0.25, 0.3) is 5.91 Å². The standard InChI is InChI=1S/C17H17NO3S/c1-21-11-8-6-10(7-9-11)14(19)15-12-4-2-3-5-13(12)16(22-15)17(18)20/h6-9H,2-5H2,1H3,(H2,18,20). The Kier molecular flexibility index (Phi) is 3.98. The predicted octanol–water partition coefficient (Wildman–Crippen LogP) is 2.97. The number of fused-ring (bicyclic) bond motifs is 1. The summed E-state index contributed by atoms with van der Waals surface area (Å²) in [5.74, 6) is 0.234. The van der Waals surface area contributed by atoms with Gasteiger partial charge in [-0.05, 0) is 61.1 Å². The lowest BCUT2D eigenvalue weighted by Gasteiger charge is -2.13. The molecule has 1 aromatic carbocycles. The maximum atomic E-state index is 12.8. The lowest BCUT2D eigenvalue weighted by atomic mass is 9.90. The quantitative estimate of drug-likeness (QED) is 0.882. The average Bonchev–Trinajstić information content (AvgIpc) is 2.94. The van der Waals surface area contributed by atoms with Gasteiger partial charge >= 0.3 is 0 Å². The number of methoxy groups -OCH3 is 1. The number of primary amides is 1. The molecule has 4 nitrogen and oxygen atoms in total. The van der Waals surface area contributed by atoms with Crippen molar-refractivity contribution < 1.29 is 14.3 Å². The molecule has 0 fully saturated rings. The first kappa shape index (κ1) is 14.8. The van der Waals surface area contributed by atoms with Crippen molar-refractivity contribution in [1.29, 1.82) is 0 Å². The first-order valence-electron chi connectivity index (χ1n) is 7.25. The van der Waals surface area contributed by atoms with Gasteiger partial charge in [0.15, 0.2) is 0 Å². The maximum Gasteiger partial charge on any atom is 0.259 e. The molecule has 0 aliphatic heterocycles. The zero-order chi connectivity index (χ0) is 15.7. The van der Waals surface area contributed by atoms with Gasteiger partial charge < -0.3 is 10.5 Å². The van der Waals surface area contributed by atoms with Crippen molar-refractivity contribution in [3.05, 3.63) is 50.7 Å². The second kappa shape index (κ2) is 5.93. The molecule has 0 unspecified atom stereocenters. The second-order valence-electron chi connectivity index (χ2n) is 5.35. The molecule has 0 saturated heterocycles. The smallest absolute Gasteiger partial charge is 0.259 e. The van der Waals surface area contributed by atoms with E-state index in [1.165, 1.54) is 11.3 Å². The molecule has 0 radical (unpaired) electrons. The number of hydrogen-bond donors (Lipinski definition) is 1. The maximum absolute atomic E-state index is 12.8. The highest BCUT2D eigenvalue weighted by atomic mass is 32.1. The van der Waals surface area contributed by atoms with Gasteiger partial charge in [-0.15, -0.1) is 11.3 Å². The zero-order valence-corrected chi connectivity index (χ0v) is 13.2. The normalized spacial score (nSPS) is 13.5. The fraction of sp³-hybridized carbons (Fsp3) is 0.294. The summed E-state index contributed by atoms with van der Waals surface area (Å²) in [5, 5.41) is 0. The van der Waals surface area contributed by atoms with Crippen molar-refractivity contribution in [3.8, 4) is 5.75 Å². The molecule has 2 aromatic rings. The molecule has 2 N–H and O–H groups in total. The van der Waals surface area contributed by atoms with Crippen LogP contribution in [0, 0.1) is 0 Å². The Balaban J connectivity index is 2.03. The zero-order valence-electron chi connectivity index (χ0n) is 12.3. The summed E-state index contributed by atoms with van der Waals surface area (Å²) in [6, 6.07) is 7.03. The predicted molar refractivity (Wildman–Crippen MR) is 85.9 cm³/mol. The number of carbonyl (C=O) groups excluding carboxylic acids is 2. The van der Waals surface area contributed by atoms with Crippen LogP contribution in [-0.4, -0.2) is 18.8 Å². The molecule has 3 rings (SSSR count). The summed E-state index contributed by atoms with van der Waals surface area (Å²) in [4.78, 5) is 25.6. The first-order valence-corrected chi connectivity index (χ1v) is 8.06. The third-order valence-corrected chi connectivity index (χ3v) is 5.29. The van der Waals surface area contributed by atoms with Crippen LogP contribution < -0.4 is 10.5 Å². The Bertz CT molecular complexity index is 731. The van der Waals surface area contributed by atoms with Crippen LogP contribution in [0.4, 0.5) is 0 Å². The van der Waals surface area contributed by atoms with Gasteiger partial charge in [0.1, 0.15) is 5.75 Å². The summed E-state index contributed by atoms with van der Waals surface area (Å²) in [7, 11) is 1.59. The highest BCUT2D eigenvalue weighted by Crippen LogP contribution is 2.35. The van der Waals surface area contributed by atoms with E-state index in [1.807, 2.05) is 0 Å². The van der Waals surface area contributed by atoms with Crippen molar-refractivity contribution in [3.63, 3.8) is 0 Å². The molecule has 0 spiro atoms. The third kappa shape index (κ3) is 2.52. The van der Waals surface area contributed by atoms with Gasteiger partial charge in [-0.3, -0.25) is 9.59 Å². The molecule has 1 amide bonds. The summed E-state index contributed by atoms with van der Waals surface area (Å²) in [6.45, 7) is 0. The summed E-state index contributed by atoms with van der Waals surface area (Å²) >= 11 is 1.24. The lowest BCUT2D eigenvalue weighted by molar-refractivity contribution is 0.100. The van der Waals surface area contributed by atoms with E-state index in [2.05, 4.69) is 0 Å². The third-order valence-electron chi connectivity index (χ3n) is 4.00. The van der Waals surface area contributed by atoms with Gasteiger partial charge in [0.05, 0.1) is 16.9 Å². The van der Waals surface area contributed by atoms with E-state index in [1.54, 1.807) is 31.4 Å². The topological polar surface area (TPSA) is 69.4 Å². The molecule has 5 heteroatoms. The van der Waals surface area contributed by atoms with E-state index in [-0.39, 0.29) is 5.78 Å². The van der Waals surface area contributed by atoms with Crippen LogP contribution >= 0.6 is 11.3 Å². The molecule has 1 aliphatic carbocycles. The van der Waals surface area contributed by atoms with E-state index in [0.717, 1.165) is 36.8 Å². The van der Waals surface area contributed by atoms with Gasteiger partial charge in [0, 0.05) is 5.56 Å². The molecule has 114 valence electrons. The Morgan fingerprint density at radius 3 is 2.18 bits per heavy atom. The number of carbonyl (C=O) groups is 2.